The van der Waals surface area contributed by atoms with Crippen LogP contribution in [-0.2, 0) is 11.3 Å². The second-order valence-corrected chi connectivity index (χ2v) is 4.07. The number of nitrogens with zero attached hydrogens (tertiary/aromatic N) is 2. The molecule has 0 unspecified atom stereocenters. The van der Waals surface area contributed by atoms with Crippen molar-refractivity contribution in [3.05, 3.63) is 48.5 Å². The fourth-order valence-corrected chi connectivity index (χ4v) is 2.04. The van der Waals surface area contributed by atoms with E-state index in [1.165, 1.54) is 0 Å². The zero-order valence-electron chi connectivity index (χ0n) is 10.9. The van der Waals surface area contributed by atoms with E-state index in [1.54, 1.807) is 19.6 Å². The molecule has 2 heterocycles. The van der Waals surface area contributed by atoms with Gasteiger partial charge in [0.2, 0.25) is 0 Å². The van der Waals surface area contributed by atoms with Gasteiger partial charge in [-0.1, -0.05) is 18.2 Å². The van der Waals surface area contributed by atoms with Gasteiger partial charge in [0.05, 0.1) is 36.0 Å². The first-order chi connectivity index (χ1) is 8.88. The molecule has 0 amide bonds. The molecule has 0 fully saturated rings. The second-order valence-electron chi connectivity index (χ2n) is 4.07. The number of methoxy groups -OCH3 is 1. The minimum atomic E-state index is 0. The lowest BCUT2D eigenvalue weighted by Crippen LogP contribution is -1.97. The molecule has 0 spiro atoms. The van der Waals surface area contributed by atoms with E-state index in [9.17, 15) is 0 Å². The van der Waals surface area contributed by atoms with Crippen LogP contribution in [0.4, 0.5) is 0 Å². The molecule has 3 aromatic rings. The van der Waals surface area contributed by atoms with Crippen molar-refractivity contribution in [2.75, 3.05) is 7.11 Å². The summed E-state index contributed by atoms with van der Waals surface area (Å²) in [5, 5.41) is 1.11. The third-order valence-corrected chi connectivity index (χ3v) is 2.87. The molecule has 0 aliphatic carbocycles. The first-order valence-electron chi connectivity index (χ1n) is 5.75. The molecule has 20 heavy (non-hydrogen) atoms. The molecule has 0 aliphatic rings. The van der Waals surface area contributed by atoms with Crippen LogP contribution in [-0.4, -0.2) is 22.1 Å². The first-order valence-corrected chi connectivity index (χ1v) is 5.75. The average molecular weight is 312 g/mol. The summed E-state index contributed by atoms with van der Waals surface area (Å²) in [6.07, 6.45) is 3.46. The van der Waals surface area contributed by atoms with Gasteiger partial charge in [0.15, 0.2) is 0 Å². The molecule has 1 aromatic carbocycles. The zero-order valence-corrected chi connectivity index (χ0v) is 12.5. The van der Waals surface area contributed by atoms with E-state index in [0.717, 1.165) is 27.9 Å². The Kier molecular flexibility index (Phi) is 5.95. The molecule has 0 saturated carbocycles. The van der Waals surface area contributed by atoms with E-state index in [0.29, 0.717) is 6.61 Å². The quantitative estimate of drug-likeness (QED) is 0.803. The van der Waals surface area contributed by atoms with Crippen LogP contribution in [0.25, 0.3) is 22.2 Å². The third kappa shape index (κ3) is 3.10. The fourth-order valence-electron chi connectivity index (χ4n) is 2.04. The van der Waals surface area contributed by atoms with Crippen molar-refractivity contribution < 1.29 is 4.74 Å². The summed E-state index contributed by atoms with van der Waals surface area (Å²) < 4.78 is 5.22. The highest BCUT2D eigenvalue weighted by molar-refractivity contribution is 5.86. The Bertz CT molecular complexity index is 671. The lowest BCUT2D eigenvalue weighted by Gasteiger charge is -2.08. The topological polar surface area (TPSA) is 50.8 Å². The van der Waals surface area contributed by atoms with E-state index in [2.05, 4.69) is 27.1 Å². The van der Waals surface area contributed by atoms with Crippen LogP contribution < -0.4 is 0 Å². The van der Waals surface area contributed by atoms with Crippen LogP contribution in [0.2, 0.25) is 0 Å². The van der Waals surface area contributed by atoms with Crippen LogP contribution in [0, 0.1) is 0 Å². The van der Waals surface area contributed by atoms with E-state index in [4.69, 9.17) is 4.74 Å². The summed E-state index contributed by atoms with van der Waals surface area (Å²) in [5.74, 6) is 0. The Balaban J connectivity index is 0.000001000. The summed E-state index contributed by atoms with van der Waals surface area (Å²) in [6.45, 7) is 0.485. The van der Waals surface area contributed by atoms with Crippen molar-refractivity contribution in [3.63, 3.8) is 0 Å². The maximum Gasteiger partial charge on any atom is 0.0924 e. The number of H-pyrrole nitrogens is 1. The molecule has 0 radical (unpaired) electrons. The molecule has 4 nitrogen and oxygen atoms in total. The molecule has 1 N–H and O–H groups in total. The van der Waals surface area contributed by atoms with E-state index < -0.39 is 0 Å². The Morgan fingerprint density at radius 3 is 2.70 bits per heavy atom. The number of hydrogen-bond acceptors (Lipinski definition) is 3. The zero-order chi connectivity index (χ0) is 12.4. The molecule has 6 heteroatoms. The maximum absolute atomic E-state index is 5.22. The monoisotopic (exact) mass is 311 g/mol. The van der Waals surface area contributed by atoms with Gasteiger partial charge in [0.25, 0.3) is 0 Å². The van der Waals surface area contributed by atoms with Crippen LogP contribution in [0.5, 0.6) is 0 Å². The Hall–Kier alpha value is -1.62. The van der Waals surface area contributed by atoms with Gasteiger partial charge in [0.1, 0.15) is 0 Å². The van der Waals surface area contributed by atoms with E-state index in [-0.39, 0.29) is 24.8 Å². The number of nitrogens with one attached hydrogen (secondary N) is 1. The molecule has 0 saturated heterocycles. The highest BCUT2D eigenvalue weighted by atomic mass is 35.5. The summed E-state index contributed by atoms with van der Waals surface area (Å²) in [4.78, 5) is 11.8. The van der Waals surface area contributed by atoms with Crippen LogP contribution in [0.1, 0.15) is 5.69 Å². The summed E-state index contributed by atoms with van der Waals surface area (Å²) >= 11 is 0. The van der Waals surface area contributed by atoms with E-state index >= 15 is 0 Å². The molecule has 3 rings (SSSR count). The number of imidazole rings is 1. The first kappa shape index (κ1) is 16.4. The van der Waals surface area contributed by atoms with Crippen molar-refractivity contribution in [1.82, 2.24) is 15.0 Å². The lowest BCUT2D eigenvalue weighted by molar-refractivity contribution is 0.182. The highest BCUT2D eigenvalue weighted by Crippen LogP contribution is 2.25. The number of aromatic nitrogens is 3. The van der Waals surface area contributed by atoms with Gasteiger partial charge in [-0.3, -0.25) is 0 Å². The Labute approximate surface area is 129 Å². The molecule has 106 valence electrons. The standard InChI is InChI=1S/C14H13N3O.2ClH/c1-18-8-14-11(13-7-15-9-16-13)6-10-4-2-3-5-12(10)17-14;;/h2-7,9H,8H2,1H3,(H,15,16);2*1H. The molecule has 2 aromatic heterocycles. The number of fused-ring (bicyclic) bond motifs is 1. The van der Waals surface area contributed by atoms with Crippen LogP contribution in [0.15, 0.2) is 42.9 Å². The van der Waals surface area contributed by atoms with Crippen molar-refractivity contribution in [1.29, 1.82) is 0 Å². The molecular weight excluding hydrogens is 297 g/mol. The predicted molar refractivity (Wildman–Crippen MR) is 84.5 cm³/mol. The molecule has 0 atom stereocenters. The number of ether oxygens (including phenoxy) is 1. The average Bonchev–Trinajstić information content (AvgIpc) is 2.92. The summed E-state index contributed by atoms with van der Waals surface area (Å²) in [6, 6.07) is 10.2. The van der Waals surface area contributed by atoms with Gasteiger partial charge in [-0.2, -0.15) is 0 Å². The number of para-hydroxylation sites is 1. The summed E-state index contributed by atoms with van der Waals surface area (Å²) in [5.41, 5.74) is 3.89. The van der Waals surface area contributed by atoms with Crippen molar-refractivity contribution >= 4 is 35.7 Å². The Morgan fingerprint density at radius 2 is 2.00 bits per heavy atom. The lowest BCUT2D eigenvalue weighted by atomic mass is 10.1. The summed E-state index contributed by atoms with van der Waals surface area (Å²) in [7, 11) is 1.67. The number of pyridine rings is 1. The number of halogens is 2. The molecule has 0 bridgehead atoms. The van der Waals surface area contributed by atoms with Crippen molar-refractivity contribution in [2.45, 2.75) is 6.61 Å². The number of hydrogen-bond donors (Lipinski definition) is 1. The number of rotatable bonds is 3. The van der Waals surface area contributed by atoms with Gasteiger partial charge < -0.3 is 9.72 Å². The maximum atomic E-state index is 5.22. The number of aromatic amines is 1. The molecular formula is C14H15Cl2N3O. The largest absolute Gasteiger partial charge is 0.378 e. The highest BCUT2D eigenvalue weighted by Gasteiger charge is 2.09. The van der Waals surface area contributed by atoms with Crippen LogP contribution >= 0.6 is 24.8 Å². The minimum Gasteiger partial charge on any atom is -0.378 e. The number of benzene rings is 1. The minimum absolute atomic E-state index is 0. The van der Waals surface area contributed by atoms with Crippen LogP contribution in [0.3, 0.4) is 0 Å². The predicted octanol–water partition coefficient (Wildman–Crippen LogP) is 3.61. The van der Waals surface area contributed by atoms with Gasteiger partial charge in [-0.15, -0.1) is 24.8 Å². The van der Waals surface area contributed by atoms with Gasteiger partial charge >= 0.3 is 0 Å². The van der Waals surface area contributed by atoms with Gasteiger partial charge in [-0.25, -0.2) is 9.97 Å². The Morgan fingerprint density at radius 1 is 1.20 bits per heavy atom. The van der Waals surface area contributed by atoms with E-state index in [1.807, 2.05) is 18.2 Å². The van der Waals surface area contributed by atoms with Crippen molar-refractivity contribution in [2.24, 2.45) is 0 Å². The SMILES string of the molecule is COCc1nc2ccccc2cc1-c1cnc[nH]1.Cl.Cl. The van der Waals surface area contributed by atoms with Gasteiger partial charge in [0, 0.05) is 18.1 Å². The van der Waals surface area contributed by atoms with Gasteiger partial charge in [-0.05, 0) is 12.1 Å². The normalized spacial score (nSPS) is 9.85. The third-order valence-electron chi connectivity index (χ3n) is 2.87. The van der Waals surface area contributed by atoms with Crippen molar-refractivity contribution in [3.8, 4) is 11.3 Å². The molecule has 0 aliphatic heterocycles. The second kappa shape index (κ2) is 7.24. The smallest absolute Gasteiger partial charge is 0.0924 e. The fraction of sp³-hybridized carbons (Fsp3) is 0.143.